The van der Waals surface area contributed by atoms with Crippen LogP contribution in [0.5, 0.6) is 0 Å². The normalized spacial score (nSPS) is 13.9. The van der Waals surface area contributed by atoms with Crippen LogP contribution in [0.25, 0.3) is 0 Å². The van der Waals surface area contributed by atoms with Crippen LogP contribution in [0, 0.1) is 0 Å². The van der Waals surface area contributed by atoms with Crippen molar-refractivity contribution >= 4 is 5.78 Å². The summed E-state index contributed by atoms with van der Waals surface area (Å²) in [4.78, 5) is 10.7. The van der Waals surface area contributed by atoms with Crippen molar-refractivity contribution in [3.05, 3.63) is 12.2 Å². The molecule has 0 saturated heterocycles. The van der Waals surface area contributed by atoms with Gasteiger partial charge in [-0.15, -0.1) is 0 Å². The third kappa shape index (κ3) is 4.27. The maximum Gasteiger partial charge on any atom is 0.183 e. The summed E-state index contributed by atoms with van der Waals surface area (Å²) >= 11 is 0. The summed E-state index contributed by atoms with van der Waals surface area (Å²) in [6.07, 6.45) is 4.30. The first-order chi connectivity index (χ1) is 4.68. The number of aliphatic hydroxyl groups excluding tert-OH is 1. The first-order valence-electron chi connectivity index (χ1n) is 3.57. The van der Waals surface area contributed by atoms with Crippen molar-refractivity contribution in [2.75, 3.05) is 0 Å². The molecule has 0 aliphatic heterocycles. The standard InChI is InChI=1S/C8H14O2/c1-3-4-5-6-8(10)7(2)9/h5-7,9H,3-4H2,1-2H3/b6-5+. The lowest BCUT2D eigenvalue weighted by Crippen LogP contribution is -2.12. The van der Waals surface area contributed by atoms with Gasteiger partial charge in [0, 0.05) is 0 Å². The summed E-state index contributed by atoms with van der Waals surface area (Å²) in [6, 6.07) is 0. The SMILES string of the molecule is CCC/C=C/C(=O)C(C)O. The van der Waals surface area contributed by atoms with Crippen LogP contribution < -0.4 is 0 Å². The van der Waals surface area contributed by atoms with E-state index in [1.165, 1.54) is 13.0 Å². The monoisotopic (exact) mass is 142 g/mol. The lowest BCUT2D eigenvalue weighted by atomic mass is 10.2. The number of aliphatic hydroxyl groups is 1. The molecule has 0 bridgehead atoms. The Morgan fingerprint density at radius 3 is 2.70 bits per heavy atom. The number of unbranched alkanes of at least 4 members (excludes halogenated alkanes) is 1. The fraction of sp³-hybridized carbons (Fsp3) is 0.625. The molecule has 0 radical (unpaired) electrons. The van der Waals surface area contributed by atoms with E-state index in [0.717, 1.165) is 12.8 Å². The van der Waals surface area contributed by atoms with E-state index >= 15 is 0 Å². The van der Waals surface area contributed by atoms with E-state index in [2.05, 4.69) is 0 Å². The van der Waals surface area contributed by atoms with Crippen LogP contribution in [0.3, 0.4) is 0 Å². The van der Waals surface area contributed by atoms with E-state index in [-0.39, 0.29) is 5.78 Å². The van der Waals surface area contributed by atoms with Crippen molar-refractivity contribution in [2.24, 2.45) is 0 Å². The molecule has 2 nitrogen and oxygen atoms in total. The van der Waals surface area contributed by atoms with Gasteiger partial charge in [0.05, 0.1) is 0 Å². The smallest absolute Gasteiger partial charge is 0.183 e. The summed E-state index contributed by atoms with van der Waals surface area (Å²) in [5.41, 5.74) is 0. The topological polar surface area (TPSA) is 37.3 Å². The van der Waals surface area contributed by atoms with Crippen molar-refractivity contribution in [2.45, 2.75) is 32.8 Å². The van der Waals surface area contributed by atoms with E-state index < -0.39 is 6.10 Å². The second-order valence-electron chi connectivity index (χ2n) is 2.27. The van der Waals surface area contributed by atoms with Gasteiger partial charge >= 0.3 is 0 Å². The van der Waals surface area contributed by atoms with E-state index in [0.29, 0.717) is 0 Å². The van der Waals surface area contributed by atoms with Gasteiger partial charge in [0.2, 0.25) is 0 Å². The Morgan fingerprint density at radius 1 is 1.70 bits per heavy atom. The lowest BCUT2D eigenvalue weighted by molar-refractivity contribution is -0.121. The van der Waals surface area contributed by atoms with E-state index in [4.69, 9.17) is 5.11 Å². The summed E-state index contributed by atoms with van der Waals surface area (Å²) in [6.45, 7) is 3.51. The van der Waals surface area contributed by atoms with Gasteiger partial charge in [-0.05, 0) is 19.4 Å². The quantitative estimate of drug-likeness (QED) is 0.600. The van der Waals surface area contributed by atoms with Gasteiger partial charge in [0.25, 0.3) is 0 Å². The Labute approximate surface area is 61.6 Å². The molecule has 0 aromatic rings. The first kappa shape index (κ1) is 9.37. The van der Waals surface area contributed by atoms with E-state index in [1.54, 1.807) is 6.08 Å². The average molecular weight is 142 g/mol. The second-order valence-corrected chi connectivity index (χ2v) is 2.27. The lowest BCUT2D eigenvalue weighted by Gasteiger charge is -1.94. The number of carbonyl (C=O) groups excluding carboxylic acids is 1. The summed E-state index contributed by atoms with van der Waals surface area (Å²) in [5.74, 6) is -0.214. The van der Waals surface area contributed by atoms with Gasteiger partial charge < -0.3 is 5.11 Å². The molecule has 10 heavy (non-hydrogen) atoms. The van der Waals surface area contributed by atoms with E-state index in [9.17, 15) is 4.79 Å². The van der Waals surface area contributed by atoms with Crippen molar-refractivity contribution < 1.29 is 9.90 Å². The minimum atomic E-state index is -0.854. The molecular weight excluding hydrogens is 128 g/mol. The minimum Gasteiger partial charge on any atom is -0.385 e. The Kier molecular flexibility index (Phi) is 4.85. The number of hydrogen-bond donors (Lipinski definition) is 1. The number of allylic oxidation sites excluding steroid dienone is 1. The Bertz CT molecular complexity index is 125. The molecule has 0 rings (SSSR count). The molecule has 0 aliphatic rings. The van der Waals surface area contributed by atoms with Crippen molar-refractivity contribution in [3.63, 3.8) is 0 Å². The maximum absolute atomic E-state index is 10.7. The zero-order chi connectivity index (χ0) is 7.98. The fourth-order valence-electron chi connectivity index (χ4n) is 0.505. The highest BCUT2D eigenvalue weighted by atomic mass is 16.3. The molecule has 0 aromatic heterocycles. The first-order valence-corrected chi connectivity index (χ1v) is 3.57. The van der Waals surface area contributed by atoms with Crippen LogP contribution in [0.15, 0.2) is 12.2 Å². The van der Waals surface area contributed by atoms with Crippen LogP contribution in [-0.4, -0.2) is 17.0 Å². The molecule has 0 amide bonds. The Morgan fingerprint density at radius 2 is 2.30 bits per heavy atom. The molecule has 0 saturated carbocycles. The molecule has 1 atom stereocenters. The number of ketones is 1. The zero-order valence-corrected chi connectivity index (χ0v) is 6.50. The molecule has 0 fully saturated rings. The molecule has 0 aliphatic carbocycles. The van der Waals surface area contributed by atoms with Crippen molar-refractivity contribution in [1.29, 1.82) is 0 Å². The van der Waals surface area contributed by atoms with Crippen LogP contribution >= 0.6 is 0 Å². The Balaban J connectivity index is 3.56. The number of carbonyl (C=O) groups is 1. The van der Waals surface area contributed by atoms with Gasteiger partial charge in [-0.25, -0.2) is 0 Å². The van der Waals surface area contributed by atoms with Gasteiger partial charge in [0.15, 0.2) is 5.78 Å². The summed E-state index contributed by atoms with van der Waals surface area (Å²) < 4.78 is 0. The highest BCUT2D eigenvalue weighted by Gasteiger charge is 2.01. The fourth-order valence-corrected chi connectivity index (χ4v) is 0.505. The van der Waals surface area contributed by atoms with Gasteiger partial charge in [-0.3, -0.25) is 4.79 Å². The molecule has 58 valence electrons. The highest BCUT2D eigenvalue weighted by Crippen LogP contribution is 1.91. The van der Waals surface area contributed by atoms with Crippen LogP contribution in [0.4, 0.5) is 0 Å². The van der Waals surface area contributed by atoms with Crippen molar-refractivity contribution in [1.82, 2.24) is 0 Å². The predicted molar refractivity (Wildman–Crippen MR) is 40.7 cm³/mol. The van der Waals surface area contributed by atoms with E-state index in [1.807, 2.05) is 6.92 Å². The van der Waals surface area contributed by atoms with Crippen LogP contribution in [-0.2, 0) is 4.79 Å². The summed E-state index contributed by atoms with van der Waals surface area (Å²) in [7, 11) is 0. The summed E-state index contributed by atoms with van der Waals surface area (Å²) in [5, 5.41) is 8.72. The zero-order valence-electron chi connectivity index (χ0n) is 6.50. The van der Waals surface area contributed by atoms with Gasteiger partial charge in [-0.2, -0.15) is 0 Å². The van der Waals surface area contributed by atoms with Crippen LogP contribution in [0.1, 0.15) is 26.7 Å². The Hall–Kier alpha value is -0.630. The maximum atomic E-state index is 10.7. The molecular formula is C8H14O2. The molecule has 1 unspecified atom stereocenters. The molecule has 1 N–H and O–H groups in total. The second kappa shape index (κ2) is 5.18. The van der Waals surface area contributed by atoms with Crippen LogP contribution in [0.2, 0.25) is 0 Å². The minimum absolute atomic E-state index is 0.214. The molecule has 0 spiro atoms. The highest BCUT2D eigenvalue weighted by molar-refractivity contribution is 5.92. The average Bonchev–Trinajstić information content (AvgIpc) is 1.88. The number of rotatable bonds is 4. The third-order valence-corrected chi connectivity index (χ3v) is 1.15. The van der Waals surface area contributed by atoms with Gasteiger partial charge in [-0.1, -0.05) is 19.4 Å². The largest absolute Gasteiger partial charge is 0.385 e. The molecule has 0 heterocycles. The number of hydrogen-bond acceptors (Lipinski definition) is 2. The molecule has 2 heteroatoms. The predicted octanol–water partition coefficient (Wildman–Crippen LogP) is 1.29. The third-order valence-electron chi connectivity index (χ3n) is 1.15. The molecule has 0 aromatic carbocycles. The van der Waals surface area contributed by atoms with Crippen molar-refractivity contribution in [3.8, 4) is 0 Å². The van der Waals surface area contributed by atoms with Gasteiger partial charge in [0.1, 0.15) is 6.10 Å².